The van der Waals surface area contributed by atoms with Gasteiger partial charge in [0.2, 0.25) is 6.10 Å². The predicted octanol–water partition coefficient (Wildman–Crippen LogP) is 4.68. The van der Waals surface area contributed by atoms with Gasteiger partial charge in [-0.05, 0) is 52.9 Å². The second-order valence-electron chi connectivity index (χ2n) is 12.4. The van der Waals surface area contributed by atoms with Gasteiger partial charge in [0.25, 0.3) is 5.91 Å². The lowest BCUT2D eigenvalue weighted by molar-refractivity contribution is -0.133. The van der Waals surface area contributed by atoms with Crippen LogP contribution in [0.1, 0.15) is 93.4 Å². The maximum absolute atomic E-state index is 13.5. The van der Waals surface area contributed by atoms with Crippen molar-refractivity contribution in [2.45, 2.75) is 129 Å². The zero-order chi connectivity index (χ0) is 26.8. The van der Waals surface area contributed by atoms with Crippen LogP contribution in [0, 0.1) is 11.8 Å². The molecule has 1 N–H and O–H groups in total. The summed E-state index contributed by atoms with van der Waals surface area (Å²) in [6, 6.07) is -1.01. The SMILES string of the molecule is CCC(C)CNC(=O)[C@@H]1OC(=O)N(C)[C@H]1[C@@H]1OC(C)(C)N(C(=O)OC(C)(C)C)[C@H]1CC1CCCCC1. The topological polar surface area (TPSA) is 97.4 Å². The molecule has 3 fully saturated rings. The minimum atomic E-state index is -1.01. The summed E-state index contributed by atoms with van der Waals surface area (Å²) in [6.45, 7) is 13.9. The smallest absolute Gasteiger partial charge is 0.412 e. The van der Waals surface area contributed by atoms with E-state index in [1.165, 1.54) is 24.2 Å². The Morgan fingerprint density at radius 3 is 2.42 bits per heavy atom. The van der Waals surface area contributed by atoms with Crippen LogP contribution in [0.15, 0.2) is 0 Å². The maximum atomic E-state index is 13.5. The monoisotopic (exact) mass is 509 g/mol. The van der Waals surface area contributed by atoms with E-state index >= 15 is 0 Å². The van der Waals surface area contributed by atoms with Gasteiger partial charge in [-0.1, -0.05) is 52.4 Å². The minimum absolute atomic E-state index is 0.311. The van der Waals surface area contributed by atoms with Crippen LogP contribution in [0.4, 0.5) is 9.59 Å². The lowest BCUT2D eigenvalue weighted by Crippen LogP contribution is -2.56. The lowest BCUT2D eigenvalue weighted by atomic mass is 9.82. The minimum Gasteiger partial charge on any atom is -0.444 e. The number of hydrogen-bond acceptors (Lipinski definition) is 6. The Bertz CT molecular complexity index is 804. The Morgan fingerprint density at radius 2 is 1.83 bits per heavy atom. The first-order chi connectivity index (χ1) is 16.7. The third kappa shape index (κ3) is 6.45. The molecular weight excluding hydrogens is 462 g/mol. The first-order valence-electron chi connectivity index (χ1n) is 13.7. The highest BCUT2D eigenvalue weighted by Crippen LogP contribution is 2.43. The average Bonchev–Trinajstić information content (AvgIpc) is 3.22. The molecule has 3 amide bonds. The Hall–Kier alpha value is -2.03. The van der Waals surface area contributed by atoms with Gasteiger partial charge in [0.05, 0.1) is 6.04 Å². The summed E-state index contributed by atoms with van der Waals surface area (Å²) in [7, 11) is 1.64. The number of amides is 3. The molecule has 0 aromatic heterocycles. The van der Waals surface area contributed by atoms with Gasteiger partial charge in [0, 0.05) is 13.6 Å². The van der Waals surface area contributed by atoms with E-state index in [1.54, 1.807) is 11.9 Å². The third-order valence-electron chi connectivity index (χ3n) is 7.80. The first kappa shape index (κ1) is 28.5. The summed E-state index contributed by atoms with van der Waals surface area (Å²) >= 11 is 0. The van der Waals surface area contributed by atoms with E-state index in [9.17, 15) is 14.4 Å². The van der Waals surface area contributed by atoms with E-state index in [2.05, 4.69) is 19.2 Å². The Balaban J connectivity index is 1.93. The number of carbonyl (C=O) groups excluding carboxylic acids is 3. The standard InChI is InChI=1S/C27H47N3O6/c1-9-17(2)16-28-23(31)22-20(29(8)24(32)34-22)21-19(15-18-13-11-10-12-14-18)30(27(6,7)35-21)25(33)36-26(3,4)5/h17-22H,9-16H2,1-8H3,(H,28,31)/t17?,19-,20-,21+,22+/m0/s1. The fourth-order valence-corrected chi connectivity index (χ4v) is 5.69. The van der Waals surface area contributed by atoms with Gasteiger partial charge in [-0.2, -0.15) is 0 Å². The van der Waals surface area contributed by atoms with Gasteiger partial charge >= 0.3 is 12.2 Å². The van der Waals surface area contributed by atoms with Crippen LogP contribution in [0.5, 0.6) is 0 Å². The fourth-order valence-electron chi connectivity index (χ4n) is 5.69. The van der Waals surface area contributed by atoms with Gasteiger partial charge in [0.1, 0.15) is 23.5 Å². The number of cyclic esters (lactones) is 1. The summed E-state index contributed by atoms with van der Waals surface area (Å²) in [4.78, 5) is 42.5. The molecule has 0 aromatic carbocycles. The number of nitrogens with zero attached hydrogens (tertiary/aromatic N) is 2. The predicted molar refractivity (Wildman–Crippen MR) is 136 cm³/mol. The van der Waals surface area contributed by atoms with Crippen molar-refractivity contribution in [1.82, 2.24) is 15.1 Å². The second-order valence-corrected chi connectivity index (χ2v) is 12.4. The van der Waals surface area contributed by atoms with Gasteiger partial charge in [-0.15, -0.1) is 0 Å². The summed E-state index contributed by atoms with van der Waals surface area (Å²) in [5.74, 6) is 0.423. The summed E-state index contributed by atoms with van der Waals surface area (Å²) in [6.07, 6.45) is 4.82. The second kappa shape index (κ2) is 11.2. The van der Waals surface area contributed by atoms with E-state index < -0.39 is 41.8 Å². The van der Waals surface area contributed by atoms with Crippen LogP contribution in [0.25, 0.3) is 0 Å². The Kier molecular flexibility index (Phi) is 8.84. The molecule has 2 aliphatic heterocycles. The average molecular weight is 510 g/mol. The number of hydrogen-bond donors (Lipinski definition) is 1. The molecule has 1 aliphatic carbocycles. The van der Waals surface area contributed by atoms with E-state index in [0.717, 1.165) is 25.7 Å². The molecule has 1 unspecified atom stereocenters. The number of likely N-dealkylation sites (N-methyl/N-ethyl adjacent to an activating group) is 1. The van der Waals surface area contributed by atoms with Crippen LogP contribution >= 0.6 is 0 Å². The van der Waals surface area contributed by atoms with E-state index in [4.69, 9.17) is 14.2 Å². The molecule has 3 aliphatic rings. The molecule has 0 spiro atoms. The van der Waals surface area contributed by atoms with Crippen molar-refractivity contribution in [3.8, 4) is 0 Å². The van der Waals surface area contributed by atoms with Gasteiger partial charge < -0.3 is 24.4 Å². The van der Waals surface area contributed by atoms with Crippen molar-refractivity contribution >= 4 is 18.1 Å². The number of nitrogens with one attached hydrogen (secondary N) is 1. The third-order valence-corrected chi connectivity index (χ3v) is 7.80. The van der Waals surface area contributed by atoms with Crippen LogP contribution < -0.4 is 5.32 Å². The highest BCUT2D eigenvalue weighted by atomic mass is 16.6. The molecule has 9 nitrogen and oxygen atoms in total. The molecular formula is C27H47N3O6. The quantitative estimate of drug-likeness (QED) is 0.535. The Labute approximate surface area is 216 Å². The van der Waals surface area contributed by atoms with Crippen molar-refractivity contribution in [3.63, 3.8) is 0 Å². The van der Waals surface area contributed by atoms with Crippen molar-refractivity contribution in [2.24, 2.45) is 11.8 Å². The summed E-state index contributed by atoms with van der Waals surface area (Å²) in [5.41, 5.74) is -1.64. The molecule has 1 saturated carbocycles. The number of ether oxygens (including phenoxy) is 3. The molecule has 2 heterocycles. The van der Waals surface area contributed by atoms with Crippen LogP contribution in [-0.2, 0) is 19.0 Å². The molecule has 5 atom stereocenters. The number of rotatable bonds is 7. The molecule has 3 rings (SSSR count). The highest BCUT2D eigenvalue weighted by Gasteiger charge is 2.60. The highest BCUT2D eigenvalue weighted by molar-refractivity contribution is 5.87. The van der Waals surface area contributed by atoms with E-state index in [-0.39, 0.29) is 11.9 Å². The fraction of sp³-hybridized carbons (Fsp3) is 0.889. The van der Waals surface area contributed by atoms with Crippen molar-refractivity contribution in [1.29, 1.82) is 0 Å². The largest absolute Gasteiger partial charge is 0.444 e. The molecule has 0 aromatic rings. The van der Waals surface area contributed by atoms with Gasteiger partial charge in [-0.3, -0.25) is 9.69 Å². The van der Waals surface area contributed by atoms with Crippen LogP contribution in [0.2, 0.25) is 0 Å². The molecule has 0 radical (unpaired) electrons. The van der Waals surface area contributed by atoms with E-state index in [1.807, 2.05) is 34.6 Å². The molecule has 36 heavy (non-hydrogen) atoms. The van der Waals surface area contributed by atoms with Crippen molar-refractivity contribution < 1.29 is 28.6 Å². The van der Waals surface area contributed by atoms with Gasteiger partial charge in [-0.25, -0.2) is 9.59 Å². The lowest BCUT2D eigenvalue weighted by Gasteiger charge is -2.37. The van der Waals surface area contributed by atoms with Crippen LogP contribution in [-0.4, -0.2) is 77.1 Å². The first-order valence-corrected chi connectivity index (χ1v) is 13.7. The van der Waals surface area contributed by atoms with E-state index in [0.29, 0.717) is 18.4 Å². The zero-order valence-corrected chi connectivity index (χ0v) is 23.5. The summed E-state index contributed by atoms with van der Waals surface area (Å²) in [5, 5.41) is 2.95. The molecule has 2 saturated heterocycles. The number of carbonyl (C=O) groups is 3. The molecule has 0 bridgehead atoms. The normalized spacial score (nSPS) is 29.7. The molecule has 9 heteroatoms. The molecule has 206 valence electrons. The maximum Gasteiger partial charge on any atom is 0.412 e. The summed E-state index contributed by atoms with van der Waals surface area (Å²) < 4.78 is 17.9. The van der Waals surface area contributed by atoms with Crippen LogP contribution in [0.3, 0.4) is 0 Å². The van der Waals surface area contributed by atoms with Gasteiger partial charge in [0.15, 0.2) is 0 Å². The zero-order valence-electron chi connectivity index (χ0n) is 23.5. The van der Waals surface area contributed by atoms with Crippen molar-refractivity contribution in [3.05, 3.63) is 0 Å². The van der Waals surface area contributed by atoms with Crippen molar-refractivity contribution in [2.75, 3.05) is 13.6 Å². The Morgan fingerprint density at radius 1 is 1.19 bits per heavy atom.